The molecule has 0 bridgehead atoms. The average molecular weight is 699 g/mol. The monoisotopic (exact) mass is 699 g/mol. The van der Waals surface area contributed by atoms with Crippen LogP contribution in [0.15, 0.2) is 146 Å². The molecule has 0 N–H and O–H groups in total. The van der Waals surface area contributed by atoms with E-state index in [0.717, 1.165) is 44.1 Å². The van der Waals surface area contributed by atoms with Gasteiger partial charge in [-0.3, -0.25) is 4.57 Å². The molecular formula is C45H34B5N5. The van der Waals surface area contributed by atoms with E-state index in [9.17, 15) is 0 Å². The molecule has 0 aliphatic rings. The molecule has 10 aromatic rings. The van der Waals surface area contributed by atoms with Crippen molar-refractivity contribution >= 4 is 110 Å². The topological polar surface area (TPSA) is 48.5 Å². The Labute approximate surface area is 324 Å². The predicted octanol–water partition coefficient (Wildman–Crippen LogP) is 2.36. The van der Waals surface area contributed by atoms with Gasteiger partial charge in [-0.05, 0) is 47.5 Å². The lowest BCUT2D eigenvalue weighted by Gasteiger charge is -2.21. The molecule has 7 aromatic carbocycles. The van der Waals surface area contributed by atoms with E-state index in [1.54, 1.807) is 0 Å². The van der Waals surface area contributed by atoms with Gasteiger partial charge in [-0.1, -0.05) is 120 Å². The van der Waals surface area contributed by atoms with E-state index in [4.69, 9.17) is 15.0 Å². The van der Waals surface area contributed by atoms with E-state index in [0.29, 0.717) is 17.6 Å². The fourth-order valence-electron chi connectivity index (χ4n) is 8.56. The van der Waals surface area contributed by atoms with Gasteiger partial charge in [0.15, 0.2) is 11.6 Å². The summed E-state index contributed by atoms with van der Waals surface area (Å²) < 4.78 is 4.65. The number of hydrogen-bond acceptors (Lipinski definition) is 3. The normalized spacial score (nSPS) is 11.6. The molecule has 3 heterocycles. The van der Waals surface area contributed by atoms with Gasteiger partial charge in [0.2, 0.25) is 5.95 Å². The highest BCUT2D eigenvalue weighted by Gasteiger charge is 2.22. The van der Waals surface area contributed by atoms with Crippen molar-refractivity contribution in [3.8, 4) is 45.5 Å². The SMILES string of the molecule is Bc1c(B)c(B)c(-c2cccc(-n3c4ccccc4c4cc5c(cc43)c3ccccc3n5-c3nc(-c4ccccc4)nc(-c4ccccc4)n3)c2)c(B)c1B. The molecule has 0 amide bonds. The lowest BCUT2D eigenvalue weighted by Crippen LogP contribution is -2.55. The fourth-order valence-corrected chi connectivity index (χ4v) is 8.56. The van der Waals surface area contributed by atoms with Gasteiger partial charge < -0.3 is 4.57 Å². The first-order valence-corrected chi connectivity index (χ1v) is 18.9. The van der Waals surface area contributed by atoms with E-state index < -0.39 is 0 Å². The van der Waals surface area contributed by atoms with Crippen molar-refractivity contribution in [3.05, 3.63) is 146 Å². The van der Waals surface area contributed by atoms with Crippen molar-refractivity contribution in [1.29, 1.82) is 0 Å². The van der Waals surface area contributed by atoms with Crippen LogP contribution in [0.25, 0.3) is 89.2 Å². The van der Waals surface area contributed by atoms with Crippen LogP contribution in [0.1, 0.15) is 0 Å². The molecule has 10 rings (SSSR count). The second-order valence-electron chi connectivity index (χ2n) is 14.7. The minimum absolute atomic E-state index is 0.587. The first-order chi connectivity index (χ1) is 26.9. The Bertz CT molecular complexity index is 3070. The molecule has 0 radical (unpaired) electrons. The van der Waals surface area contributed by atoms with Crippen molar-refractivity contribution in [1.82, 2.24) is 24.1 Å². The third-order valence-corrected chi connectivity index (χ3v) is 11.7. The molecule has 0 aliphatic carbocycles. The Hall–Kier alpha value is -6.53. The highest BCUT2D eigenvalue weighted by Crippen LogP contribution is 2.40. The smallest absolute Gasteiger partial charge is 0.238 e. The van der Waals surface area contributed by atoms with Gasteiger partial charge in [0.25, 0.3) is 0 Å². The quantitative estimate of drug-likeness (QED) is 0.260. The average Bonchev–Trinajstić information content (AvgIpc) is 3.74. The molecule has 0 unspecified atom stereocenters. The number of fused-ring (bicyclic) bond motifs is 6. The molecule has 254 valence electrons. The Morgan fingerprint density at radius 3 is 1.36 bits per heavy atom. The summed E-state index contributed by atoms with van der Waals surface area (Å²) in [7, 11) is 11.3. The van der Waals surface area contributed by atoms with E-state index in [-0.39, 0.29) is 0 Å². The van der Waals surface area contributed by atoms with Gasteiger partial charge in [-0.2, -0.15) is 9.97 Å². The number of benzene rings is 7. The Kier molecular flexibility index (Phi) is 7.70. The van der Waals surface area contributed by atoms with Crippen LogP contribution in [0.3, 0.4) is 0 Å². The maximum atomic E-state index is 5.17. The zero-order valence-corrected chi connectivity index (χ0v) is 31.6. The molecule has 0 fully saturated rings. The van der Waals surface area contributed by atoms with Crippen LogP contribution in [-0.2, 0) is 0 Å². The first-order valence-electron chi connectivity index (χ1n) is 18.9. The minimum atomic E-state index is 0.587. The van der Waals surface area contributed by atoms with Crippen LogP contribution in [-0.4, -0.2) is 63.3 Å². The largest absolute Gasteiger partial charge is 0.309 e. The number of aromatic nitrogens is 5. The highest BCUT2D eigenvalue weighted by molar-refractivity contribution is 6.68. The van der Waals surface area contributed by atoms with Gasteiger partial charge in [-0.15, -0.1) is 16.4 Å². The molecule has 0 atom stereocenters. The molecule has 0 saturated carbocycles. The zero-order valence-electron chi connectivity index (χ0n) is 31.6. The number of hydrogen-bond donors (Lipinski definition) is 0. The van der Waals surface area contributed by atoms with Gasteiger partial charge >= 0.3 is 0 Å². The van der Waals surface area contributed by atoms with Crippen LogP contribution < -0.4 is 27.3 Å². The molecule has 3 aromatic heterocycles. The number of nitrogens with zero attached hydrogens (tertiary/aromatic N) is 5. The van der Waals surface area contributed by atoms with Gasteiger partial charge in [0, 0.05) is 38.4 Å². The third-order valence-electron chi connectivity index (χ3n) is 11.7. The van der Waals surface area contributed by atoms with Gasteiger partial charge in [0.1, 0.15) is 39.2 Å². The zero-order chi connectivity index (χ0) is 37.4. The maximum Gasteiger partial charge on any atom is 0.238 e. The van der Waals surface area contributed by atoms with E-state index in [1.165, 1.54) is 54.7 Å². The summed E-state index contributed by atoms with van der Waals surface area (Å²) in [6.45, 7) is 0. The number of rotatable bonds is 5. The Morgan fingerprint density at radius 2 is 0.800 bits per heavy atom. The van der Waals surface area contributed by atoms with Crippen molar-refractivity contribution in [2.45, 2.75) is 0 Å². The lowest BCUT2D eigenvalue weighted by atomic mass is 9.59. The third kappa shape index (κ3) is 5.19. The number of para-hydroxylation sites is 2. The van der Waals surface area contributed by atoms with Crippen molar-refractivity contribution in [2.24, 2.45) is 0 Å². The van der Waals surface area contributed by atoms with Crippen molar-refractivity contribution in [3.63, 3.8) is 0 Å². The van der Waals surface area contributed by atoms with Crippen LogP contribution in [0, 0.1) is 0 Å². The van der Waals surface area contributed by atoms with Crippen LogP contribution in [0.4, 0.5) is 0 Å². The lowest BCUT2D eigenvalue weighted by molar-refractivity contribution is 0.954. The molecule has 55 heavy (non-hydrogen) atoms. The second kappa shape index (κ2) is 12.8. The molecular weight excluding hydrogens is 665 g/mol. The van der Waals surface area contributed by atoms with Crippen LogP contribution >= 0.6 is 0 Å². The van der Waals surface area contributed by atoms with E-state index in [2.05, 4.69) is 158 Å². The molecule has 10 heteroatoms. The molecule has 0 aliphatic heterocycles. The second-order valence-corrected chi connectivity index (χ2v) is 14.7. The summed E-state index contributed by atoms with van der Waals surface area (Å²) in [5.41, 5.74) is 16.8. The molecule has 0 spiro atoms. The van der Waals surface area contributed by atoms with Crippen LogP contribution in [0.5, 0.6) is 0 Å². The van der Waals surface area contributed by atoms with Crippen molar-refractivity contribution in [2.75, 3.05) is 0 Å². The first kappa shape index (κ1) is 33.1. The Morgan fingerprint density at radius 1 is 0.345 bits per heavy atom. The van der Waals surface area contributed by atoms with E-state index >= 15 is 0 Å². The molecule has 0 saturated heterocycles. The maximum absolute atomic E-state index is 5.17. The molecule has 5 nitrogen and oxygen atoms in total. The standard InChI is InChI=1S/C45H34B5N5/c46-38-37(39(47)41(49)42(50)40(38)48)27-16-11-17-28(22-27)54-33-20-9-7-18-29(33)31-24-36-32(23-35(31)54)30-19-8-10-21-34(30)55(36)45-52-43(25-12-3-1-4-13-25)51-44(53-45)26-14-5-2-6-15-26/h1-24H,46-50H2. The van der Waals surface area contributed by atoms with Gasteiger partial charge in [0.05, 0.1) is 22.1 Å². The fraction of sp³-hybridized carbons (Fsp3) is 0. The summed E-state index contributed by atoms with van der Waals surface area (Å²) in [6.07, 6.45) is 0. The van der Waals surface area contributed by atoms with Crippen molar-refractivity contribution < 1.29 is 0 Å². The summed E-state index contributed by atoms with van der Waals surface area (Å²) in [5, 5.41) is 4.65. The summed E-state index contributed by atoms with van der Waals surface area (Å²) in [4.78, 5) is 15.3. The summed E-state index contributed by atoms with van der Waals surface area (Å²) >= 11 is 0. The van der Waals surface area contributed by atoms with Gasteiger partial charge in [-0.25, -0.2) is 4.98 Å². The highest BCUT2D eigenvalue weighted by atomic mass is 15.2. The van der Waals surface area contributed by atoms with E-state index in [1.807, 2.05) is 36.4 Å². The Balaban J connectivity index is 1.25. The predicted molar refractivity (Wildman–Crippen MR) is 246 cm³/mol. The minimum Gasteiger partial charge on any atom is -0.309 e. The summed E-state index contributed by atoms with van der Waals surface area (Å²) in [5.74, 6) is 1.86. The van der Waals surface area contributed by atoms with Crippen LogP contribution in [0.2, 0.25) is 0 Å². The summed E-state index contributed by atoms with van der Waals surface area (Å²) in [6, 6.07) is 51.4.